The second kappa shape index (κ2) is 9.38. The number of anilines is 1. The van der Waals surface area contributed by atoms with Crippen molar-refractivity contribution in [2.24, 2.45) is 11.8 Å². The summed E-state index contributed by atoms with van der Waals surface area (Å²) in [6.45, 7) is 7.63. The lowest BCUT2D eigenvalue weighted by molar-refractivity contribution is -0.192. The number of aliphatic carboxylic acids is 1. The first-order valence-electron chi connectivity index (χ1n) is 9.69. The van der Waals surface area contributed by atoms with Gasteiger partial charge in [-0.05, 0) is 61.6 Å². The Morgan fingerprint density at radius 1 is 1.10 bits per heavy atom. The number of carboxylic acids is 1. The minimum absolute atomic E-state index is 0.744. The van der Waals surface area contributed by atoms with Gasteiger partial charge < -0.3 is 10.0 Å². The summed E-state index contributed by atoms with van der Waals surface area (Å²) in [7, 11) is 0. The first kappa shape index (κ1) is 21.9. The molecule has 0 unspecified atom stereocenters. The molecule has 4 rings (SSSR count). The van der Waals surface area contributed by atoms with E-state index >= 15 is 0 Å². The molecule has 2 atom stereocenters. The van der Waals surface area contributed by atoms with E-state index in [1.54, 1.807) is 0 Å². The molecule has 7 nitrogen and oxygen atoms in total. The highest BCUT2D eigenvalue weighted by atomic mass is 19.4. The van der Waals surface area contributed by atoms with Crippen LogP contribution in [0.4, 0.5) is 19.0 Å². The van der Waals surface area contributed by atoms with Crippen molar-refractivity contribution in [1.82, 2.24) is 20.1 Å². The average molecular weight is 423 g/mol. The monoisotopic (exact) mass is 423 g/mol. The van der Waals surface area contributed by atoms with Gasteiger partial charge in [0, 0.05) is 38.6 Å². The van der Waals surface area contributed by atoms with Crippen LogP contribution in [0, 0.1) is 18.8 Å². The summed E-state index contributed by atoms with van der Waals surface area (Å²) in [5.74, 6) is -0.182. The fourth-order valence-corrected chi connectivity index (χ4v) is 3.88. The Kier molecular flexibility index (Phi) is 6.86. The Hall–Kier alpha value is -2.75. The van der Waals surface area contributed by atoms with Crippen molar-refractivity contribution < 1.29 is 23.1 Å². The molecule has 0 saturated carbocycles. The maximum absolute atomic E-state index is 10.6. The maximum atomic E-state index is 10.6. The molecule has 2 aliphatic heterocycles. The Morgan fingerprint density at radius 3 is 2.37 bits per heavy atom. The molecule has 0 spiro atoms. The van der Waals surface area contributed by atoms with Gasteiger partial charge in [0.05, 0.1) is 5.69 Å². The highest BCUT2D eigenvalue weighted by molar-refractivity contribution is 5.73. The normalized spacial score (nSPS) is 21.5. The number of alkyl halides is 3. The molecule has 0 bridgehead atoms. The molecular formula is C20H24F3N5O2. The molecule has 2 fully saturated rings. The zero-order chi connectivity index (χ0) is 21.7. The van der Waals surface area contributed by atoms with Gasteiger partial charge in [0.25, 0.3) is 0 Å². The second-order valence-corrected chi connectivity index (χ2v) is 7.64. The maximum Gasteiger partial charge on any atom is 0.490 e. The number of aromatic nitrogens is 3. The fourth-order valence-electron chi connectivity index (χ4n) is 3.88. The summed E-state index contributed by atoms with van der Waals surface area (Å²) in [5, 5.41) is 15.7. The third-order valence-corrected chi connectivity index (χ3v) is 5.39. The number of fused-ring (bicyclic) bond motifs is 1. The number of halogens is 3. The summed E-state index contributed by atoms with van der Waals surface area (Å²) in [4.78, 5) is 18.0. The average Bonchev–Trinajstić information content (AvgIpc) is 3.12. The Bertz CT molecular complexity index is 833. The molecule has 0 aromatic carbocycles. The van der Waals surface area contributed by atoms with Crippen LogP contribution in [0.2, 0.25) is 0 Å². The largest absolute Gasteiger partial charge is 0.490 e. The molecule has 1 N–H and O–H groups in total. The quantitative estimate of drug-likeness (QED) is 0.813. The van der Waals surface area contributed by atoms with Crippen LogP contribution in [-0.2, 0) is 11.3 Å². The molecule has 0 amide bonds. The molecule has 2 saturated heterocycles. The predicted molar refractivity (Wildman–Crippen MR) is 104 cm³/mol. The van der Waals surface area contributed by atoms with Crippen molar-refractivity contribution in [3.63, 3.8) is 0 Å². The van der Waals surface area contributed by atoms with E-state index in [0.29, 0.717) is 0 Å². The van der Waals surface area contributed by atoms with Crippen LogP contribution >= 0.6 is 0 Å². The number of likely N-dealkylation sites (tertiary alicyclic amines) is 1. The highest BCUT2D eigenvalue weighted by Gasteiger charge is 2.38. The summed E-state index contributed by atoms with van der Waals surface area (Å²) in [6.07, 6.45) is -0.0313. The Balaban J connectivity index is 0.000000318. The Labute approximate surface area is 172 Å². The van der Waals surface area contributed by atoms with Gasteiger partial charge in [-0.25, -0.2) is 4.79 Å². The zero-order valence-corrected chi connectivity index (χ0v) is 16.6. The van der Waals surface area contributed by atoms with Gasteiger partial charge in [-0.3, -0.25) is 9.88 Å². The van der Waals surface area contributed by atoms with E-state index in [-0.39, 0.29) is 0 Å². The number of hydrogen-bond acceptors (Lipinski definition) is 6. The van der Waals surface area contributed by atoms with Crippen LogP contribution in [0.15, 0.2) is 36.7 Å². The van der Waals surface area contributed by atoms with Crippen LogP contribution in [0.25, 0.3) is 0 Å². The van der Waals surface area contributed by atoms with Crippen molar-refractivity contribution in [2.75, 3.05) is 31.1 Å². The van der Waals surface area contributed by atoms with Crippen molar-refractivity contribution >= 4 is 11.8 Å². The minimum atomic E-state index is -5.08. The van der Waals surface area contributed by atoms with Crippen LogP contribution in [0.3, 0.4) is 0 Å². The van der Waals surface area contributed by atoms with E-state index in [1.165, 1.54) is 25.1 Å². The van der Waals surface area contributed by atoms with Crippen molar-refractivity contribution in [3.8, 4) is 0 Å². The number of hydrogen-bond donors (Lipinski definition) is 1. The molecule has 30 heavy (non-hydrogen) atoms. The number of carbonyl (C=O) groups is 1. The van der Waals surface area contributed by atoms with E-state index in [9.17, 15) is 13.2 Å². The minimum Gasteiger partial charge on any atom is -0.475 e. The molecule has 2 aliphatic rings. The number of aryl methyl sites for hydroxylation is 1. The molecular weight excluding hydrogens is 399 g/mol. The molecule has 10 heteroatoms. The molecule has 0 radical (unpaired) electrons. The van der Waals surface area contributed by atoms with Gasteiger partial charge in [-0.1, -0.05) is 0 Å². The van der Waals surface area contributed by atoms with Crippen molar-refractivity contribution in [2.45, 2.75) is 26.1 Å². The van der Waals surface area contributed by atoms with Crippen molar-refractivity contribution in [3.05, 3.63) is 47.9 Å². The number of carboxylic acid groups (broad SMARTS) is 1. The second-order valence-electron chi connectivity index (χ2n) is 7.64. The topological polar surface area (TPSA) is 82.5 Å². The lowest BCUT2D eigenvalue weighted by Gasteiger charge is -2.34. The van der Waals surface area contributed by atoms with E-state index < -0.39 is 12.1 Å². The zero-order valence-electron chi connectivity index (χ0n) is 16.6. The third kappa shape index (κ3) is 5.88. The van der Waals surface area contributed by atoms with Gasteiger partial charge >= 0.3 is 12.1 Å². The number of piperidine rings is 1. The molecule has 0 aliphatic carbocycles. The Morgan fingerprint density at radius 2 is 1.77 bits per heavy atom. The van der Waals surface area contributed by atoms with E-state index in [1.807, 2.05) is 19.3 Å². The summed E-state index contributed by atoms with van der Waals surface area (Å²) in [5.41, 5.74) is 2.34. The lowest BCUT2D eigenvalue weighted by Crippen LogP contribution is -2.39. The van der Waals surface area contributed by atoms with Crippen molar-refractivity contribution in [1.29, 1.82) is 0 Å². The van der Waals surface area contributed by atoms with Crippen LogP contribution in [0.1, 0.15) is 17.7 Å². The third-order valence-electron chi connectivity index (χ3n) is 5.39. The first-order valence-corrected chi connectivity index (χ1v) is 9.69. The fraction of sp³-hybridized carbons (Fsp3) is 0.500. The van der Waals surface area contributed by atoms with Gasteiger partial charge in [-0.15, -0.1) is 5.10 Å². The predicted octanol–water partition coefficient (Wildman–Crippen LogP) is 2.77. The van der Waals surface area contributed by atoms with E-state index in [2.05, 4.69) is 49.2 Å². The van der Waals surface area contributed by atoms with Crippen LogP contribution < -0.4 is 4.90 Å². The van der Waals surface area contributed by atoms with Gasteiger partial charge in [0.15, 0.2) is 5.82 Å². The number of nitrogens with zero attached hydrogens (tertiary/aromatic N) is 5. The number of rotatable bonds is 3. The SMILES string of the molecule is Cc1ccc(N2C[C@H]3CCN(Cc4ccncc4)C[C@H]3C2)nn1.O=C(O)C(F)(F)F. The van der Waals surface area contributed by atoms with Gasteiger partial charge in [-0.2, -0.15) is 18.3 Å². The lowest BCUT2D eigenvalue weighted by atomic mass is 9.88. The van der Waals surface area contributed by atoms with Gasteiger partial charge in [0.2, 0.25) is 0 Å². The molecule has 2 aromatic rings. The molecule has 4 heterocycles. The highest BCUT2D eigenvalue weighted by Crippen LogP contribution is 2.33. The molecule has 2 aromatic heterocycles. The van der Waals surface area contributed by atoms with Crippen LogP contribution in [0.5, 0.6) is 0 Å². The summed E-state index contributed by atoms with van der Waals surface area (Å²) < 4.78 is 31.7. The van der Waals surface area contributed by atoms with Gasteiger partial charge in [0.1, 0.15) is 0 Å². The summed E-state index contributed by atoms with van der Waals surface area (Å²) in [6, 6.07) is 8.40. The standard InChI is InChI=1S/C18H23N5.C2HF3O2/c1-14-2-3-18(21-20-14)23-12-16-6-9-22(11-17(16)13-23)10-15-4-7-19-8-5-15;3-2(4,5)1(6)7/h2-5,7-8,16-17H,6,9-13H2,1H3;(H,6,7)/t16-,17+;/m1./s1. The number of pyridine rings is 1. The van der Waals surface area contributed by atoms with Crippen LogP contribution in [-0.4, -0.2) is 63.5 Å². The summed E-state index contributed by atoms with van der Waals surface area (Å²) >= 11 is 0. The smallest absolute Gasteiger partial charge is 0.475 e. The molecule has 162 valence electrons. The first-order chi connectivity index (χ1) is 14.2. The van der Waals surface area contributed by atoms with E-state index in [0.717, 1.165) is 43.0 Å². The van der Waals surface area contributed by atoms with E-state index in [4.69, 9.17) is 9.90 Å².